The summed E-state index contributed by atoms with van der Waals surface area (Å²) in [6.07, 6.45) is 0.399. The second-order valence-electron chi connectivity index (χ2n) is 3.38. The summed E-state index contributed by atoms with van der Waals surface area (Å²) in [6.45, 7) is 0. The predicted molar refractivity (Wildman–Crippen MR) is 63.3 cm³/mol. The molecule has 5 nitrogen and oxygen atoms in total. The van der Waals surface area contributed by atoms with Gasteiger partial charge in [-0.25, -0.2) is 4.98 Å². The molecule has 0 aliphatic rings. The van der Waals surface area contributed by atoms with Crippen molar-refractivity contribution in [3.05, 3.63) is 28.6 Å². The number of fused-ring (bicyclic) bond motifs is 1. The van der Waals surface area contributed by atoms with Crippen LogP contribution in [0.25, 0.3) is 5.52 Å². The number of nitrogens with two attached hydrogens (primary N) is 1. The number of nitrogen functional groups attached to an aromatic ring is 1. The summed E-state index contributed by atoms with van der Waals surface area (Å²) in [6, 6.07) is 5.46. The second kappa shape index (κ2) is 4.13. The Bertz CT molecular complexity index is 550. The van der Waals surface area contributed by atoms with Gasteiger partial charge in [0.2, 0.25) is 0 Å². The topological polar surface area (TPSA) is 80.6 Å². The summed E-state index contributed by atoms with van der Waals surface area (Å²) in [5.74, 6) is 0.362. The minimum Gasteiger partial charge on any atom is -0.481 e. The van der Waals surface area contributed by atoms with Crippen molar-refractivity contribution >= 4 is 33.2 Å². The SMILES string of the molecule is Nc1cccc2c(Br)nc(CCC(=O)O)n12. The van der Waals surface area contributed by atoms with E-state index < -0.39 is 5.97 Å². The van der Waals surface area contributed by atoms with Crippen LogP contribution in [-0.4, -0.2) is 20.5 Å². The Balaban J connectivity index is 2.49. The number of hydrogen-bond donors (Lipinski definition) is 2. The first-order chi connectivity index (χ1) is 7.59. The van der Waals surface area contributed by atoms with Gasteiger partial charge in [0.25, 0.3) is 0 Å². The number of imidazole rings is 1. The molecule has 0 atom stereocenters. The third kappa shape index (κ3) is 1.88. The highest BCUT2D eigenvalue weighted by Gasteiger charge is 2.11. The van der Waals surface area contributed by atoms with E-state index in [1.165, 1.54) is 0 Å². The van der Waals surface area contributed by atoms with Crippen molar-refractivity contribution in [1.29, 1.82) is 0 Å². The molecule has 0 saturated carbocycles. The second-order valence-corrected chi connectivity index (χ2v) is 4.14. The molecule has 0 radical (unpaired) electrons. The van der Waals surface area contributed by atoms with Gasteiger partial charge in [-0.15, -0.1) is 0 Å². The molecule has 2 rings (SSSR count). The molecule has 2 heterocycles. The van der Waals surface area contributed by atoms with Gasteiger partial charge in [-0.1, -0.05) is 6.07 Å². The number of carboxylic acids is 1. The van der Waals surface area contributed by atoms with Crippen molar-refractivity contribution in [2.45, 2.75) is 12.8 Å². The van der Waals surface area contributed by atoms with Gasteiger partial charge >= 0.3 is 5.97 Å². The molecule has 0 aliphatic heterocycles. The lowest BCUT2D eigenvalue weighted by molar-refractivity contribution is -0.137. The van der Waals surface area contributed by atoms with Crippen molar-refractivity contribution in [3.8, 4) is 0 Å². The van der Waals surface area contributed by atoms with Crippen LogP contribution >= 0.6 is 15.9 Å². The number of nitrogens with zero attached hydrogens (tertiary/aromatic N) is 2. The molecule has 0 fully saturated rings. The first kappa shape index (κ1) is 10.9. The average molecular weight is 284 g/mol. The Morgan fingerprint density at radius 1 is 1.56 bits per heavy atom. The van der Waals surface area contributed by atoms with Crippen LogP contribution in [0.1, 0.15) is 12.2 Å². The highest BCUT2D eigenvalue weighted by atomic mass is 79.9. The molecule has 2 aromatic heterocycles. The van der Waals surface area contributed by atoms with Gasteiger partial charge in [-0.05, 0) is 28.1 Å². The number of rotatable bonds is 3. The molecular formula is C10H10BrN3O2. The predicted octanol–water partition coefficient (Wildman–Crippen LogP) is 1.70. The van der Waals surface area contributed by atoms with Gasteiger partial charge < -0.3 is 10.8 Å². The fraction of sp³-hybridized carbons (Fsp3) is 0.200. The summed E-state index contributed by atoms with van der Waals surface area (Å²) >= 11 is 3.32. The van der Waals surface area contributed by atoms with Crippen LogP contribution in [0.5, 0.6) is 0 Å². The standard InChI is InChI=1S/C10H10BrN3O2/c11-10-6-2-1-3-7(12)14(6)8(13-10)4-5-9(15)16/h1-3H,4-5,12H2,(H,15,16). The summed E-state index contributed by atoms with van der Waals surface area (Å²) in [7, 11) is 0. The summed E-state index contributed by atoms with van der Waals surface area (Å²) in [5, 5.41) is 8.64. The Kier molecular flexibility index (Phi) is 2.82. The third-order valence-electron chi connectivity index (χ3n) is 2.28. The molecule has 2 aromatic rings. The molecule has 3 N–H and O–H groups in total. The first-order valence-electron chi connectivity index (χ1n) is 4.72. The van der Waals surface area contributed by atoms with E-state index in [4.69, 9.17) is 10.8 Å². The number of anilines is 1. The normalized spacial score (nSPS) is 10.8. The number of carboxylic acid groups (broad SMARTS) is 1. The monoisotopic (exact) mass is 283 g/mol. The average Bonchev–Trinajstić information content (AvgIpc) is 2.55. The van der Waals surface area contributed by atoms with E-state index in [1.807, 2.05) is 12.1 Å². The first-order valence-corrected chi connectivity index (χ1v) is 5.52. The molecule has 0 amide bonds. The van der Waals surface area contributed by atoms with E-state index in [0.29, 0.717) is 22.7 Å². The van der Waals surface area contributed by atoms with Crippen LogP contribution in [-0.2, 0) is 11.2 Å². The largest absolute Gasteiger partial charge is 0.481 e. The van der Waals surface area contributed by atoms with Crippen molar-refractivity contribution in [2.75, 3.05) is 5.73 Å². The Labute approximate surface area is 100 Å². The lowest BCUT2D eigenvalue weighted by Crippen LogP contribution is -2.04. The number of carbonyl (C=O) groups is 1. The highest BCUT2D eigenvalue weighted by molar-refractivity contribution is 9.10. The van der Waals surface area contributed by atoms with Crippen LogP contribution in [0.15, 0.2) is 22.8 Å². The maximum Gasteiger partial charge on any atom is 0.303 e. The Hall–Kier alpha value is -1.56. The number of aryl methyl sites for hydroxylation is 1. The molecule has 0 bridgehead atoms. The molecule has 0 unspecified atom stereocenters. The van der Waals surface area contributed by atoms with Crippen LogP contribution in [0.2, 0.25) is 0 Å². The lowest BCUT2D eigenvalue weighted by atomic mass is 10.3. The van der Waals surface area contributed by atoms with Gasteiger partial charge in [0.1, 0.15) is 16.2 Å². The van der Waals surface area contributed by atoms with Crippen LogP contribution in [0.3, 0.4) is 0 Å². The van der Waals surface area contributed by atoms with E-state index in [2.05, 4.69) is 20.9 Å². The fourth-order valence-electron chi connectivity index (χ4n) is 1.58. The zero-order valence-corrected chi connectivity index (χ0v) is 9.94. The maximum absolute atomic E-state index is 10.5. The van der Waals surface area contributed by atoms with Gasteiger partial charge in [0, 0.05) is 6.42 Å². The highest BCUT2D eigenvalue weighted by Crippen LogP contribution is 2.22. The molecule has 0 spiro atoms. The maximum atomic E-state index is 10.5. The van der Waals surface area contributed by atoms with Crippen molar-refractivity contribution in [2.24, 2.45) is 0 Å². The quantitative estimate of drug-likeness (QED) is 0.898. The summed E-state index contributed by atoms with van der Waals surface area (Å²) in [5.41, 5.74) is 6.68. The van der Waals surface area contributed by atoms with Crippen molar-refractivity contribution in [1.82, 2.24) is 9.38 Å². The molecule has 84 valence electrons. The van der Waals surface area contributed by atoms with E-state index in [9.17, 15) is 4.79 Å². The minimum absolute atomic E-state index is 0.0416. The van der Waals surface area contributed by atoms with Crippen LogP contribution in [0.4, 0.5) is 5.82 Å². The Morgan fingerprint density at radius 2 is 2.31 bits per heavy atom. The fourth-order valence-corrected chi connectivity index (χ4v) is 2.10. The van der Waals surface area contributed by atoms with Gasteiger partial charge in [0.05, 0.1) is 11.9 Å². The van der Waals surface area contributed by atoms with Gasteiger partial charge in [-0.2, -0.15) is 0 Å². The molecule has 16 heavy (non-hydrogen) atoms. The number of hydrogen-bond acceptors (Lipinski definition) is 3. The minimum atomic E-state index is -0.845. The molecule has 0 saturated heterocycles. The summed E-state index contributed by atoms with van der Waals surface area (Å²) in [4.78, 5) is 14.8. The molecule has 0 aromatic carbocycles. The zero-order chi connectivity index (χ0) is 11.7. The van der Waals surface area contributed by atoms with Crippen LogP contribution in [0, 0.1) is 0 Å². The van der Waals surface area contributed by atoms with Gasteiger partial charge in [-0.3, -0.25) is 9.20 Å². The van der Waals surface area contributed by atoms with Gasteiger partial charge in [0.15, 0.2) is 0 Å². The molecule has 6 heteroatoms. The van der Waals surface area contributed by atoms with E-state index in [-0.39, 0.29) is 6.42 Å². The van der Waals surface area contributed by atoms with Crippen molar-refractivity contribution < 1.29 is 9.90 Å². The number of aliphatic carboxylic acids is 1. The number of aromatic nitrogens is 2. The smallest absolute Gasteiger partial charge is 0.303 e. The lowest BCUT2D eigenvalue weighted by Gasteiger charge is -2.02. The molecule has 0 aliphatic carbocycles. The third-order valence-corrected chi connectivity index (χ3v) is 2.86. The van der Waals surface area contributed by atoms with Crippen molar-refractivity contribution in [3.63, 3.8) is 0 Å². The number of halogens is 1. The Morgan fingerprint density at radius 3 is 3.00 bits per heavy atom. The van der Waals surface area contributed by atoms with E-state index in [0.717, 1.165) is 5.52 Å². The zero-order valence-electron chi connectivity index (χ0n) is 8.35. The number of pyridine rings is 1. The molecular weight excluding hydrogens is 274 g/mol. The van der Waals surface area contributed by atoms with Crippen LogP contribution < -0.4 is 5.73 Å². The van der Waals surface area contributed by atoms with E-state index in [1.54, 1.807) is 10.5 Å². The summed E-state index contributed by atoms with van der Waals surface area (Å²) < 4.78 is 2.44. The van der Waals surface area contributed by atoms with E-state index >= 15 is 0 Å².